The summed E-state index contributed by atoms with van der Waals surface area (Å²) in [5.74, 6) is 0.895. The predicted molar refractivity (Wildman–Crippen MR) is 78.1 cm³/mol. The maximum atomic E-state index is 12.6. The number of halogens is 3. The number of rotatable bonds is 4. The van der Waals surface area contributed by atoms with Crippen LogP contribution in [0.5, 0.6) is 0 Å². The Kier molecular flexibility index (Phi) is 5.78. The van der Waals surface area contributed by atoms with Crippen molar-refractivity contribution < 1.29 is 13.2 Å². The molecule has 1 heterocycles. The normalized spacial score (nSPS) is 20.6. The zero-order valence-corrected chi connectivity index (χ0v) is 12.2. The molecule has 1 aromatic carbocycles. The Bertz CT molecular complexity index is 412. The molecular weight excluding hydrogens is 283 g/mol. The van der Waals surface area contributed by atoms with Crippen molar-refractivity contribution in [3.05, 3.63) is 35.4 Å². The molecule has 1 unspecified atom stereocenters. The Balaban J connectivity index is 1.81. The van der Waals surface area contributed by atoms with Crippen molar-refractivity contribution in [1.82, 2.24) is 5.32 Å². The molecule has 1 aromatic rings. The maximum Gasteiger partial charge on any atom is 0.416 e. The van der Waals surface area contributed by atoms with Gasteiger partial charge in [0.2, 0.25) is 0 Å². The first-order valence-corrected chi connectivity index (χ1v) is 8.09. The van der Waals surface area contributed by atoms with Crippen molar-refractivity contribution in [3.8, 4) is 0 Å². The van der Waals surface area contributed by atoms with Crippen LogP contribution in [0.25, 0.3) is 0 Å². The fourth-order valence-corrected chi connectivity index (χ4v) is 3.71. The lowest BCUT2D eigenvalue weighted by atomic mass is 10.1. The molecule has 1 fully saturated rings. The molecule has 0 aliphatic carbocycles. The molecule has 0 saturated carbocycles. The predicted octanol–water partition coefficient (Wildman–Crippen LogP) is 4.12. The molecule has 1 nitrogen and oxygen atoms in total. The van der Waals surface area contributed by atoms with Crippen LogP contribution in [-0.4, -0.2) is 24.1 Å². The molecule has 112 valence electrons. The van der Waals surface area contributed by atoms with Crippen molar-refractivity contribution in [2.45, 2.75) is 37.1 Å². The third-order valence-electron chi connectivity index (χ3n) is 3.52. The van der Waals surface area contributed by atoms with E-state index in [0.717, 1.165) is 36.9 Å². The van der Waals surface area contributed by atoms with E-state index in [1.807, 2.05) is 11.8 Å². The van der Waals surface area contributed by atoms with E-state index in [-0.39, 0.29) is 0 Å². The largest absolute Gasteiger partial charge is 0.416 e. The number of alkyl halides is 3. The summed E-state index contributed by atoms with van der Waals surface area (Å²) < 4.78 is 37.8. The van der Waals surface area contributed by atoms with Crippen molar-refractivity contribution in [1.29, 1.82) is 0 Å². The number of hydrogen-bond acceptors (Lipinski definition) is 2. The van der Waals surface area contributed by atoms with Crippen LogP contribution in [-0.2, 0) is 12.6 Å². The SMILES string of the molecule is FC(F)(F)c1cccc(CCSC2CCCNCC2)c1. The highest BCUT2D eigenvalue weighted by Gasteiger charge is 2.30. The molecule has 0 aromatic heterocycles. The summed E-state index contributed by atoms with van der Waals surface area (Å²) in [6.07, 6.45) is 0.0311. The average Bonchev–Trinajstić information content (AvgIpc) is 2.67. The van der Waals surface area contributed by atoms with Gasteiger partial charge >= 0.3 is 6.18 Å². The molecule has 1 aliphatic heterocycles. The average molecular weight is 303 g/mol. The Labute approximate surface area is 122 Å². The molecule has 5 heteroatoms. The second-order valence-electron chi connectivity index (χ2n) is 5.12. The summed E-state index contributed by atoms with van der Waals surface area (Å²) in [7, 11) is 0. The summed E-state index contributed by atoms with van der Waals surface area (Å²) in [5.41, 5.74) is 0.234. The van der Waals surface area contributed by atoms with Crippen molar-refractivity contribution in [3.63, 3.8) is 0 Å². The molecule has 1 atom stereocenters. The lowest BCUT2D eigenvalue weighted by Gasteiger charge is -2.13. The molecular formula is C15H20F3NS. The van der Waals surface area contributed by atoms with Crippen LogP contribution in [0.1, 0.15) is 30.4 Å². The molecule has 1 N–H and O–H groups in total. The van der Waals surface area contributed by atoms with Gasteiger partial charge in [-0.15, -0.1) is 0 Å². The molecule has 0 spiro atoms. The van der Waals surface area contributed by atoms with Gasteiger partial charge in [0.25, 0.3) is 0 Å². The van der Waals surface area contributed by atoms with Crippen LogP contribution in [0.4, 0.5) is 13.2 Å². The van der Waals surface area contributed by atoms with Gasteiger partial charge in [0.05, 0.1) is 5.56 Å². The van der Waals surface area contributed by atoms with Gasteiger partial charge in [0, 0.05) is 5.25 Å². The van der Waals surface area contributed by atoms with E-state index >= 15 is 0 Å². The van der Waals surface area contributed by atoms with Gasteiger partial charge in [-0.25, -0.2) is 0 Å². The highest BCUT2D eigenvalue weighted by molar-refractivity contribution is 7.99. The highest BCUT2D eigenvalue weighted by Crippen LogP contribution is 2.30. The van der Waals surface area contributed by atoms with E-state index < -0.39 is 11.7 Å². The number of nitrogens with one attached hydrogen (secondary N) is 1. The van der Waals surface area contributed by atoms with Crippen molar-refractivity contribution in [2.24, 2.45) is 0 Å². The fraction of sp³-hybridized carbons (Fsp3) is 0.600. The zero-order valence-electron chi connectivity index (χ0n) is 11.4. The van der Waals surface area contributed by atoms with Gasteiger partial charge in [0.15, 0.2) is 0 Å². The maximum absolute atomic E-state index is 12.6. The van der Waals surface area contributed by atoms with Gasteiger partial charge in [0.1, 0.15) is 0 Å². The first-order chi connectivity index (χ1) is 9.55. The van der Waals surface area contributed by atoms with E-state index in [1.165, 1.54) is 25.0 Å². The van der Waals surface area contributed by atoms with Crippen molar-refractivity contribution >= 4 is 11.8 Å². The third kappa shape index (κ3) is 5.02. The van der Waals surface area contributed by atoms with Gasteiger partial charge in [-0.05, 0) is 56.2 Å². The molecule has 0 radical (unpaired) electrons. The zero-order chi connectivity index (χ0) is 14.4. The minimum absolute atomic E-state index is 0.543. The molecule has 2 rings (SSSR count). The van der Waals surface area contributed by atoms with Gasteiger partial charge in [-0.2, -0.15) is 24.9 Å². The van der Waals surface area contributed by atoms with E-state index in [4.69, 9.17) is 0 Å². The second-order valence-corrected chi connectivity index (χ2v) is 6.53. The van der Waals surface area contributed by atoms with E-state index in [9.17, 15) is 13.2 Å². The van der Waals surface area contributed by atoms with Crippen LogP contribution in [0, 0.1) is 0 Å². The Hall–Kier alpha value is -0.680. The molecule has 1 saturated heterocycles. The minimum Gasteiger partial charge on any atom is -0.317 e. The fourth-order valence-electron chi connectivity index (χ4n) is 2.40. The molecule has 0 bridgehead atoms. The summed E-state index contributed by atoms with van der Waals surface area (Å²) in [6.45, 7) is 2.14. The van der Waals surface area contributed by atoms with Crippen LogP contribution >= 0.6 is 11.8 Å². The number of thioether (sulfide) groups is 1. The van der Waals surface area contributed by atoms with E-state index in [1.54, 1.807) is 6.07 Å². The standard InChI is InChI=1S/C15H20F3NS/c16-15(17,18)13-4-1-3-12(11-13)7-10-20-14-5-2-8-19-9-6-14/h1,3-4,11,14,19H,2,5-10H2. The van der Waals surface area contributed by atoms with E-state index in [0.29, 0.717) is 11.7 Å². The summed E-state index contributed by atoms with van der Waals surface area (Å²) >= 11 is 1.90. The second kappa shape index (κ2) is 7.36. The lowest BCUT2D eigenvalue weighted by Crippen LogP contribution is -2.14. The third-order valence-corrected chi connectivity index (χ3v) is 4.90. The van der Waals surface area contributed by atoms with Crippen LogP contribution in [0.2, 0.25) is 0 Å². The topological polar surface area (TPSA) is 12.0 Å². The molecule has 0 amide bonds. The minimum atomic E-state index is -4.24. The monoisotopic (exact) mass is 303 g/mol. The van der Waals surface area contributed by atoms with Gasteiger partial charge in [-0.1, -0.05) is 18.2 Å². The number of aryl methyl sites for hydroxylation is 1. The Morgan fingerprint density at radius 1 is 1.20 bits per heavy atom. The number of hydrogen-bond donors (Lipinski definition) is 1. The Morgan fingerprint density at radius 2 is 2.05 bits per heavy atom. The van der Waals surface area contributed by atoms with Crippen LogP contribution in [0.15, 0.2) is 24.3 Å². The van der Waals surface area contributed by atoms with Gasteiger partial charge in [-0.3, -0.25) is 0 Å². The number of benzene rings is 1. The summed E-state index contributed by atoms with van der Waals surface area (Å²) in [6, 6.07) is 5.69. The van der Waals surface area contributed by atoms with Crippen LogP contribution < -0.4 is 5.32 Å². The quantitative estimate of drug-likeness (QED) is 0.898. The summed E-state index contributed by atoms with van der Waals surface area (Å²) in [4.78, 5) is 0. The lowest BCUT2D eigenvalue weighted by molar-refractivity contribution is -0.137. The smallest absolute Gasteiger partial charge is 0.317 e. The Morgan fingerprint density at radius 3 is 2.85 bits per heavy atom. The molecule has 1 aliphatic rings. The van der Waals surface area contributed by atoms with E-state index in [2.05, 4.69) is 5.32 Å². The van der Waals surface area contributed by atoms with Gasteiger partial charge < -0.3 is 5.32 Å². The first-order valence-electron chi connectivity index (χ1n) is 7.04. The molecule has 20 heavy (non-hydrogen) atoms. The highest BCUT2D eigenvalue weighted by atomic mass is 32.2. The summed E-state index contributed by atoms with van der Waals surface area (Å²) in [5, 5.41) is 4.02. The van der Waals surface area contributed by atoms with Crippen LogP contribution in [0.3, 0.4) is 0 Å². The first kappa shape index (κ1) is 15.7. The van der Waals surface area contributed by atoms with Crippen molar-refractivity contribution in [2.75, 3.05) is 18.8 Å².